The van der Waals surface area contributed by atoms with Crippen molar-refractivity contribution in [2.75, 3.05) is 5.73 Å². The number of benzene rings is 1. The number of anilines is 1. The summed E-state index contributed by atoms with van der Waals surface area (Å²) < 4.78 is 63.4. The molecule has 0 aliphatic carbocycles. The molecule has 2 N–H and O–H groups in total. The zero-order chi connectivity index (χ0) is 10.9. The van der Waals surface area contributed by atoms with Gasteiger partial charge in [-0.2, -0.15) is 0 Å². The lowest BCUT2D eigenvalue weighted by Gasteiger charge is -2.10. The van der Waals surface area contributed by atoms with Crippen LogP contribution in [0.25, 0.3) is 0 Å². The van der Waals surface area contributed by atoms with Gasteiger partial charge in [0.2, 0.25) is 5.75 Å². The van der Waals surface area contributed by atoms with Crippen molar-refractivity contribution >= 4 is 5.69 Å². The molecule has 0 saturated carbocycles. The Morgan fingerprint density at radius 1 is 1.07 bits per heavy atom. The second-order valence-corrected chi connectivity index (χ2v) is 2.36. The van der Waals surface area contributed by atoms with Crippen LogP contribution in [0.3, 0.4) is 0 Å². The number of nitrogens with two attached hydrogens (primary N) is 1. The molecule has 0 aromatic heterocycles. The van der Waals surface area contributed by atoms with E-state index in [9.17, 15) is 22.0 Å². The molecule has 0 saturated heterocycles. The van der Waals surface area contributed by atoms with E-state index in [1.807, 2.05) is 0 Å². The normalized spacial score (nSPS) is 11.5. The van der Waals surface area contributed by atoms with Crippen LogP contribution in [0.4, 0.5) is 27.6 Å². The predicted octanol–water partition coefficient (Wildman–Crippen LogP) is 2.45. The predicted molar refractivity (Wildman–Crippen MR) is 37.5 cm³/mol. The fraction of sp³-hybridized carbons (Fsp3) is 0.143. The number of hydrogen-bond acceptors (Lipinski definition) is 2. The van der Waals surface area contributed by atoms with Crippen LogP contribution in [0.15, 0.2) is 12.1 Å². The number of nitrogen functional groups attached to an aromatic ring is 1. The molecule has 0 amide bonds. The molecule has 0 bridgehead atoms. The van der Waals surface area contributed by atoms with Crippen molar-refractivity contribution in [3.63, 3.8) is 0 Å². The largest absolute Gasteiger partial charge is 0.573 e. The molecule has 78 valence electrons. The van der Waals surface area contributed by atoms with Gasteiger partial charge >= 0.3 is 6.36 Å². The molecule has 0 aliphatic heterocycles. The quantitative estimate of drug-likeness (QED) is 0.574. The van der Waals surface area contributed by atoms with Crippen molar-refractivity contribution in [2.24, 2.45) is 0 Å². The second-order valence-electron chi connectivity index (χ2n) is 2.36. The summed E-state index contributed by atoms with van der Waals surface area (Å²) in [6.45, 7) is 0. The Bertz CT molecular complexity index is 325. The Labute approximate surface area is 75.1 Å². The highest BCUT2D eigenvalue weighted by molar-refractivity contribution is 5.44. The molecule has 0 spiro atoms. The van der Waals surface area contributed by atoms with Crippen LogP contribution in [0.2, 0.25) is 0 Å². The van der Waals surface area contributed by atoms with Gasteiger partial charge in [0.15, 0.2) is 11.6 Å². The van der Waals surface area contributed by atoms with Crippen LogP contribution < -0.4 is 10.5 Å². The summed E-state index contributed by atoms with van der Waals surface area (Å²) >= 11 is 0. The molecule has 1 aromatic rings. The molecule has 2 nitrogen and oxygen atoms in total. The van der Waals surface area contributed by atoms with Crippen molar-refractivity contribution < 1.29 is 26.7 Å². The second kappa shape index (κ2) is 3.32. The van der Waals surface area contributed by atoms with Gasteiger partial charge in [-0.1, -0.05) is 0 Å². The van der Waals surface area contributed by atoms with Gasteiger partial charge in [0.05, 0.1) is 0 Å². The summed E-state index contributed by atoms with van der Waals surface area (Å²) in [5.74, 6) is -4.51. The van der Waals surface area contributed by atoms with Gasteiger partial charge in [0.1, 0.15) is 0 Å². The summed E-state index contributed by atoms with van der Waals surface area (Å²) in [5.41, 5.74) is 4.65. The highest BCUT2D eigenvalue weighted by Gasteiger charge is 2.34. The standard InChI is InChI=1S/C7H4F5NO/c8-4-1-3(13)2-5(9)6(4)14-7(10,11)12/h1-2H,13H2. The van der Waals surface area contributed by atoms with E-state index in [0.29, 0.717) is 12.1 Å². The number of hydrogen-bond donors (Lipinski definition) is 1. The molecule has 0 heterocycles. The monoisotopic (exact) mass is 213 g/mol. The van der Waals surface area contributed by atoms with Gasteiger partial charge in [-0.3, -0.25) is 0 Å². The smallest absolute Gasteiger partial charge is 0.399 e. The van der Waals surface area contributed by atoms with Crippen molar-refractivity contribution in [3.8, 4) is 5.75 Å². The minimum absolute atomic E-state index is 0.325. The van der Waals surface area contributed by atoms with Crippen LogP contribution >= 0.6 is 0 Å². The summed E-state index contributed by atoms with van der Waals surface area (Å²) in [7, 11) is 0. The summed E-state index contributed by atoms with van der Waals surface area (Å²) in [6.07, 6.45) is -5.14. The molecule has 1 rings (SSSR count). The first-order chi connectivity index (χ1) is 6.29. The number of alkyl halides is 3. The van der Waals surface area contributed by atoms with Crippen LogP contribution in [-0.4, -0.2) is 6.36 Å². The van der Waals surface area contributed by atoms with Crippen molar-refractivity contribution in [3.05, 3.63) is 23.8 Å². The third-order valence-electron chi connectivity index (χ3n) is 1.24. The van der Waals surface area contributed by atoms with E-state index in [1.54, 1.807) is 0 Å². The molecular formula is C7H4F5NO. The van der Waals surface area contributed by atoms with E-state index in [2.05, 4.69) is 4.74 Å². The Kier molecular flexibility index (Phi) is 2.50. The van der Waals surface area contributed by atoms with E-state index in [4.69, 9.17) is 5.73 Å². The van der Waals surface area contributed by atoms with Crippen LogP contribution in [-0.2, 0) is 0 Å². The minimum Gasteiger partial charge on any atom is -0.399 e. The van der Waals surface area contributed by atoms with Gasteiger partial charge in [-0.25, -0.2) is 8.78 Å². The summed E-state index contributed by atoms with van der Waals surface area (Å²) in [4.78, 5) is 0. The fourth-order valence-electron chi connectivity index (χ4n) is 0.793. The van der Waals surface area contributed by atoms with E-state index in [1.165, 1.54) is 0 Å². The van der Waals surface area contributed by atoms with Crippen molar-refractivity contribution in [1.82, 2.24) is 0 Å². The van der Waals surface area contributed by atoms with E-state index in [0.717, 1.165) is 0 Å². The highest BCUT2D eigenvalue weighted by Crippen LogP contribution is 2.29. The lowest BCUT2D eigenvalue weighted by molar-refractivity contribution is -0.276. The zero-order valence-electron chi connectivity index (χ0n) is 6.53. The van der Waals surface area contributed by atoms with Crippen LogP contribution in [0.1, 0.15) is 0 Å². The maximum Gasteiger partial charge on any atom is 0.573 e. The SMILES string of the molecule is Nc1cc(F)c(OC(F)(F)F)c(F)c1. The topological polar surface area (TPSA) is 35.2 Å². The number of rotatable bonds is 1. The van der Waals surface area contributed by atoms with Gasteiger partial charge < -0.3 is 10.5 Å². The molecule has 0 aliphatic rings. The van der Waals surface area contributed by atoms with Gasteiger partial charge in [-0.15, -0.1) is 13.2 Å². The Morgan fingerprint density at radius 2 is 1.50 bits per heavy atom. The van der Waals surface area contributed by atoms with E-state index in [-0.39, 0.29) is 5.69 Å². The van der Waals surface area contributed by atoms with Crippen molar-refractivity contribution in [2.45, 2.75) is 6.36 Å². The first kappa shape index (κ1) is 10.6. The first-order valence-corrected chi connectivity index (χ1v) is 3.30. The third kappa shape index (κ3) is 2.48. The number of halogens is 5. The maximum atomic E-state index is 12.7. The maximum absolute atomic E-state index is 12.7. The fourth-order valence-corrected chi connectivity index (χ4v) is 0.793. The number of ether oxygens (including phenoxy) is 1. The lowest BCUT2D eigenvalue weighted by Crippen LogP contribution is -2.19. The van der Waals surface area contributed by atoms with Gasteiger partial charge in [0, 0.05) is 17.8 Å². The zero-order valence-corrected chi connectivity index (χ0v) is 6.53. The average Bonchev–Trinajstić information content (AvgIpc) is 1.95. The molecular weight excluding hydrogens is 209 g/mol. The van der Waals surface area contributed by atoms with Crippen LogP contribution in [0.5, 0.6) is 5.75 Å². The van der Waals surface area contributed by atoms with E-state index >= 15 is 0 Å². The Balaban J connectivity index is 3.09. The first-order valence-electron chi connectivity index (χ1n) is 3.30. The van der Waals surface area contributed by atoms with Gasteiger partial charge in [-0.05, 0) is 0 Å². The third-order valence-corrected chi connectivity index (χ3v) is 1.24. The van der Waals surface area contributed by atoms with Crippen LogP contribution in [0, 0.1) is 11.6 Å². The average molecular weight is 213 g/mol. The van der Waals surface area contributed by atoms with Crippen molar-refractivity contribution in [1.29, 1.82) is 0 Å². The molecule has 0 radical (unpaired) electrons. The lowest BCUT2D eigenvalue weighted by atomic mass is 10.3. The molecule has 7 heteroatoms. The van der Waals surface area contributed by atoms with E-state index < -0.39 is 23.7 Å². The molecule has 14 heavy (non-hydrogen) atoms. The highest BCUT2D eigenvalue weighted by atomic mass is 19.4. The summed E-state index contributed by atoms with van der Waals surface area (Å²) in [6, 6.07) is 1.06. The van der Waals surface area contributed by atoms with Gasteiger partial charge in [0.25, 0.3) is 0 Å². The molecule has 0 fully saturated rings. The minimum atomic E-state index is -5.14. The summed E-state index contributed by atoms with van der Waals surface area (Å²) in [5, 5.41) is 0. The Morgan fingerprint density at radius 3 is 1.86 bits per heavy atom. The Hall–Kier alpha value is -1.53. The molecule has 0 unspecified atom stereocenters. The molecule has 0 atom stereocenters. The molecule has 1 aromatic carbocycles.